The summed E-state index contributed by atoms with van der Waals surface area (Å²) in [4.78, 5) is 12.7. The molecular formula is C24H21Cl2N3O4S2. The van der Waals surface area contributed by atoms with Crippen LogP contribution in [0.2, 0.25) is 10.0 Å². The van der Waals surface area contributed by atoms with Gasteiger partial charge in [0.15, 0.2) is 0 Å². The number of carbonyl (C=O) groups is 1. The lowest BCUT2D eigenvalue weighted by molar-refractivity contribution is -0.119. The Kier molecular flexibility index (Phi) is 8.22. The van der Waals surface area contributed by atoms with Crippen molar-refractivity contribution in [3.8, 4) is 5.75 Å². The van der Waals surface area contributed by atoms with Crippen LogP contribution in [0.15, 0.2) is 82.8 Å². The van der Waals surface area contributed by atoms with Crippen molar-refractivity contribution in [3.63, 3.8) is 0 Å². The molecule has 1 N–H and O–H groups in total. The smallest absolute Gasteiger partial charge is 0.264 e. The van der Waals surface area contributed by atoms with Crippen LogP contribution in [-0.4, -0.2) is 44.7 Å². The predicted octanol–water partition coefficient (Wildman–Crippen LogP) is 4.83. The molecule has 0 aromatic heterocycles. The maximum Gasteiger partial charge on any atom is 0.264 e. The number of sulfonamides is 1. The summed E-state index contributed by atoms with van der Waals surface area (Å²) >= 11 is 14.0. The highest BCUT2D eigenvalue weighted by atomic mass is 35.5. The maximum absolute atomic E-state index is 13.3. The summed E-state index contributed by atoms with van der Waals surface area (Å²) in [6, 6.07) is 19.5. The van der Waals surface area contributed by atoms with E-state index in [4.69, 9.17) is 27.9 Å². The summed E-state index contributed by atoms with van der Waals surface area (Å²) in [5.74, 6) is 2.02. The molecule has 3 aromatic carbocycles. The predicted molar refractivity (Wildman–Crippen MR) is 141 cm³/mol. The quantitative estimate of drug-likeness (QED) is 0.305. The van der Waals surface area contributed by atoms with E-state index >= 15 is 0 Å². The van der Waals surface area contributed by atoms with Crippen molar-refractivity contribution in [2.45, 2.75) is 11.0 Å². The highest BCUT2D eigenvalue weighted by Crippen LogP contribution is 2.29. The first kappa shape index (κ1) is 25.4. The van der Waals surface area contributed by atoms with Gasteiger partial charge in [0, 0.05) is 21.6 Å². The van der Waals surface area contributed by atoms with Crippen molar-refractivity contribution in [1.29, 1.82) is 0 Å². The lowest BCUT2D eigenvalue weighted by Crippen LogP contribution is -2.39. The fourth-order valence-corrected chi connectivity index (χ4v) is 5.71. The molecular weight excluding hydrogens is 529 g/mol. The highest BCUT2D eigenvalue weighted by Gasteiger charge is 2.27. The standard InChI is InChI=1S/C24H21Cl2N3O4S2/c25-18-10-19(26)12-20(11-18)29(35(31,32)23-7-2-1-3-8-23)14-24(30)28-27-13-17-5-4-6-21(9-17)33-22-15-34-16-22/h1-13,22H,14-16H2,(H,28,30)/b27-13-. The largest absolute Gasteiger partial charge is 0.489 e. The molecule has 35 heavy (non-hydrogen) atoms. The minimum Gasteiger partial charge on any atom is -0.489 e. The number of hydrazone groups is 1. The summed E-state index contributed by atoms with van der Waals surface area (Å²) in [6.45, 7) is -0.534. The van der Waals surface area contributed by atoms with Crippen LogP contribution in [0.25, 0.3) is 0 Å². The normalized spacial score (nSPS) is 13.9. The first-order valence-electron chi connectivity index (χ1n) is 10.5. The van der Waals surface area contributed by atoms with Gasteiger partial charge in [-0.05, 0) is 48.0 Å². The topological polar surface area (TPSA) is 88.1 Å². The molecule has 0 aliphatic carbocycles. The van der Waals surface area contributed by atoms with Crippen LogP contribution in [0.4, 0.5) is 5.69 Å². The molecule has 1 heterocycles. The van der Waals surface area contributed by atoms with E-state index in [2.05, 4.69) is 10.5 Å². The van der Waals surface area contributed by atoms with E-state index in [1.54, 1.807) is 18.2 Å². The third kappa shape index (κ3) is 6.70. The Bertz CT molecular complexity index is 1310. The van der Waals surface area contributed by atoms with Crippen molar-refractivity contribution in [1.82, 2.24) is 5.43 Å². The third-order valence-electron chi connectivity index (χ3n) is 4.92. The fourth-order valence-electron chi connectivity index (χ4n) is 3.21. The lowest BCUT2D eigenvalue weighted by Gasteiger charge is -2.25. The number of amides is 1. The zero-order valence-corrected chi connectivity index (χ0v) is 21.4. The van der Waals surface area contributed by atoms with Crippen molar-refractivity contribution in [2.75, 3.05) is 22.4 Å². The zero-order chi connectivity index (χ0) is 24.8. The Labute approximate surface area is 218 Å². The summed E-state index contributed by atoms with van der Waals surface area (Å²) in [7, 11) is -4.09. The van der Waals surface area contributed by atoms with Gasteiger partial charge in [0.25, 0.3) is 15.9 Å². The highest BCUT2D eigenvalue weighted by molar-refractivity contribution is 8.00. The van der Waals surface area contributed by atoms with E-state index in [9.17, 15) is 13.2 Å². The van der Waals surface area contributed by atoms with Gasteiger partial charge in [-0.1, -0.05) is 53.5 Å². The molecule has 1 aliphatic rings. The van der Waals surface area contributed by atoms with Gasteiger partial charge in [-0.3, -0.25) is 9.10 Å². The summed E-state index contributed by atoms with van der Waals surface area (Å²) in [5.41, 5.74) is 3.26. The Hall–Kier alpha value is -2.72. The van der Waals surface area contributed by atoms with Crippen LogP contribution in [0.5, 0.6) is 5.75 Å². The van der Waals surface area contributed by atoms with Gasteiger partial charge in [-0.15, -0.1) is 0 Å². The molecule has 182 valence electrons. The van der Waals surface area contributed by atoms with Crippen molar-refractivity contribution in [3.05, 3.63) is 88.4 Å². The van der Waals surface area contributed by atoms with Crippen LogP contribution in [0, 0.1) is 0 Å². The minimum atomic E-state index is -4.09. The summed E-state index contributed by atoms with van der Waals surface area (Å²) in [6.07, 6.45) is 1.68. The molecule has 1 fully saturated rings. The van der Waals surface area contributed by atoms with E-state index in [0.717, 1.165) is 27.1 Å². The van der Waals surface area contributed by atoms with E-state index in [1.165, 1.54) is 36.5 Å². The third-order valence-corrected chi connectivity index (χ3v) is 8.36. The molecule has 11 heteroatoms. The molecule has 0 spiro atoms. The monoisotopic (exact) mass is 549 g/mol. The molecule has 1 saturated heterocycles. The number of nitrogens with zero attached hydrogens (tertiary/aromatic N) is 2. The molecule has 1 aliphatic heterocycles. The molecule has 3 aromatic rings. The van der Waals surface area contributed by atoms with Crippen molar-refractivity contribution < 1.29 is 17.9 Å². The lowest BCUT2D eigenvalue weighted by atomic mass is 10.2. The van der Waals surface area contributed by atoms with E-state index in [0.29, 0.717) is 0 Å². The van der Waals surface area contributed by atoms with Crippen LogP contribution in [0.1, 0.15) is 5.56 Å². The Balaban J connectivity index is 1.50. The van der Waals surface area contributed by atoms with Crippen LogP contribution >= 0.6 is 35.0 Å². The van der Waals surface area contributed by atoms with Gasteiger partial charge in [0.05, 0.1) is 16.8 Å². The van der Waals surface area contributed by atoms with E-state index in [-0.39, 0.29) is 26.7 Å². The molecule has 1 amide bonds. The van der Waals surface area contributed by atoms with Gasteiger partial charge in [-0.2, -0.15) is 16.9 Å². The number of benzene rings is 3. The maximum atomic E-state index is 13.3. The first-order chi connectivity index (χ1) is 16.8. The summed E-state index contributed by atoms with van der Waals surface area (Å²) < 4.78 is 33.5. The number of hydrogen-bond acceptors (Lipinski definition) is 6. The number of halogens is 2. The molecule has 0 saturated carbocycles. The molecule has 0 atom stereocenters. The van der Waals surface area contributed by atoms with Crippen molar-refractivity contribution >= 4 is 62.8 Å². The molecule has 7 nitrogen and oxygen atoms in total. The number of carbonyl (C=O) groups excluding carboxylic acids is 1. The van der Waals surface area contributed by atoms with Gasteiger partial charge in [0.1, 0.15) is 18.4 Å². The van der Waals surface area contributed by atoms with Gasteiger partial charge in [-0.25, -0.2) is 13.8 Å². The van der Waals surface area contributed by atoms with Crippen molar-refractivity contribution in [2.24, 2.45) is 5.10 Å². The fraction of sp³-hybridized carbons (Fsp3) is 0.167. The second kappa shape index (κ2) is 11.3. The molecule has 4 rings (SSSR count). The van der Waals surface area contributed by atoms with Gasteiger partial charge in [0.2, 0.25) is 0 Å². The number of ether oxygens (including phenoxy) is 1. The SMILES string of the molecule is O=C(CN(c1cc(Cl)cc(Cl)c1)S(=O)(=O)c1ccccc1)N/N=C\c1cccc(OC2CSC2)c1. The van der Waals surface area contributed by atoms with E-state index in [1.807, 2.05) is 36.0 Å². The second-order valence-electron chi connectivity index (χ2n) is 7.60. The molecule has 0 bridgehead atoms. The number of rotatable bonds is 9. The Morgan fingerprint density at radius 1 is 1.06 bits per heavy atom. The average molecular weight is 550 g/mol. The average Bonchev–Trinajstić information content (AvgIpc) is 2.80. The summed E-state index contributed by atoms with van der Waals surface area (Å²) in [5, 5.41) is 4.45. The van der Waals surface area contributed by atoms with Gasteiger partial charge < -0.3 is 4.74 Å². The Morgan fingerprint density at radius 2 is 1.77 bits per heavy atom. The number of thioether (sulfide) groups is 1. The first-order valence-corrected chi connectivity index (χ1v) is 13.9. The second-order valence-corrected chi connectivity index (χ2v) is 11.4. The number of hydrogen-bond donors (Lipinski definition) is 1. The zero-order valence-electron chi connectivity index (χ0n) is 18.3. The van der Waals surface area contributed by atoms with E-state index < -0.39 is 22.5 Å². The number of nitrogens with one attached hydrogen (secondary N) is 1. The van der Waals surface area contributed by atoms with Crippen LogP contribution in [-0.2, 0) is 14.8 Å². The number of anilines is 1. The Morgan fingerprint density at radius 3 is 2.43 bits per heavy atom. The van der Waals surface area contributed by atoms with Gasteiger partial charge >= 0.3 is 0 Å². The molecule has 0 unspecified atom stereocenters. The van der Waals surface area contributed by atoms with Crippen LogP contribution < -0.4 is 14.5 Å². The van der Waals surface area contributed by atoms with Crippen LogP contribution in [0.3, 0.4) is 0 Å². The molecule has 0 radical (unpaired) electrons. The minimum absolute atomic E-state index is 0.0223.